The van der Waals surface area contributed by atoms with Crippen LogP contribution in [0.15, 0.2) is 64.9 Å². The Morgan fingerprint density at radius 2 is 1.67 bits per heavy atom. The zero-order valence-corrected chi connectivity index (χ0v) is 11.3. The van der Waals surface area contributed by atoms with Gasteiger partial charge >= 0.3 is 0 Å². The van der Waals surface area contributed by atoms with E-state index in [2.05, 4.69) is 17.5 Å². The van der Waals surface area contributed by atoms with Gasteiger partial charge in [-0.3, -0.25) is 4.21 Å². The molecule has 0 N–H and O–H groups in total. The quantitative estimate of drug-likeness (QED) is 0.698. The highest BCUT2D eigenvalue weighted by molar-refractivity contribution is 7.84. The van der Waals surface area contributed by atoms with Crippen LogP contribution < -0.4 is 0 Å². The van der Waals surface area contributed by atoms with E-state index in [9.17, 15) is 4.21 Å². The molecule has 18 heavy (non-hydrogen) atoms. The van der Waals surface area contributed by atoms with Gasteiger partial charge in [-0.1, -0.05) is 36.4 Å². The van der Waals surface area contributed by atoms with Crippen LogP contribution in [-0.2, 0) is 16.6 Å². The molecule has 1 aromatic heterocycles. The van der Waals surface area contributed by atoms with Crippen LogP contribution in [0.25, 0.3) is 10.1 Å². The summed E-state index contributed by atoms with van der Waals surface area (Å²) in [6, 6.07) is 17.9. The highest BCUT2D eigenvalue weighted by Crippen LogP contribution is 2.27. The summed E-state index contributed by atoms with van der Waals surface area (Å²) in [5.41, 5.74) is 1.18. The van der Waals surface area contributed by atoms with Gasteiger partial charge in [-0.05, 0) is 34.5 Å². The monoisotopic (exact) mass is 272 g/mol. The van der Waals surface area contributed by atoms with E-state index in [-0.39, 0.29) is 0 Å². The molecule has 1 unspecified atom stereocenters. The van der Waals surface area contributed by atoms with Gasteiger partial charge in [0.25, 0.3) is 0 Å². The van der Waals surface area contributed by atoms with Gasteiger partial charge in [-0.15, -0.1) is 11.3 Å². The predicted octanol–water partition coefficient (Wildman–Crippen LogP) is 4.21. The lowest BCUT2D eigenvalue weighted by molar-refractivity contribution is 0.683. The van der Waals surface area contributed by atoms with Crippen molar-refractivity contribution >= 4 is 32.2 Å². The van der Waals surface area contributed by atoms with Gasteiger partial charge in [-0.2, -0.15) is 0 Å². The van der Waals surface area contributed by atoms with Gasteiger partial charge in [-0.25, -0.2) is 0 Å². The van der Waals surface area contributed by atoms with Crippen LogP contribution in [0, 0.1) is 0 Å². The molecule has 0 aliphatic carbocycles. The Bertz CT molecular complexity index is 686. The number of thiophene rings is 1. The summed E-state index contributed by atoms with van der Waals surface area (Å²) in [7, 11) is -0.962. The van der Waals surface area contributed by atoms with Crippen LogP contribution in [0.2, 0.25) is 0 Å². The molecular formula is C15H12OS2. The summed E-state index contributed by atoms with van der Waals surface area (Å²) >= 11 is 1.72. The number of hydrogen-bond donors (Lipinski definition) is 0. The molecule has 1 atom stereocenters. The molecule has 0 saturated heterocycles. The second kappa shape index (κ2) is 5.04. The normalized spacial score (nSPS) is 12.7. The van der Waals surface area contributed by atoms with E-state index >= 15 is 0 Å². The Morgan fingerprint density at radius 3 is 2.50 bits per heavy atom. The van der Waals surface area contributed by atoms with E-state index in [1.807, 2.05) is 42.5 Å². The highest BCUT2D eigenvalue weighted by atomic mass is 32.2. The van der Waals surface area contributed by atoms with Crippen LogP contribution in [0.5, 0.6) is 0 Å². The van der Waals surface area contributed by atoms with Crippen LogP contribution in [0.4, 0.5) is 0 Å². The fourth-order valence-corrected chi connectivity index (χ4v) is 4.16. The number of benzene rings is 2. The third-order valence-corrected chi connectivity index (χ3v) is 5.24. The highest BCUT2D eigenvalue weighted by Gasteiger charge is 2.08. The minimum atomic E-state index is -0.962. The first-order valence-corrected chi connectivity index (χ1v) is 7.93. The second-order valence-corrected chi connectivity index (χ2v) is 6.42. The first-order valence-electron chi connectivity index (χ1n) is 5.73. The molecule has 2 aromatic carbocycles. The topological polar surface area (TPSA) is 17.1 Å². The number of fused-ring (bicyclic) bond motifs is 1. The van der Waals surface area contributed by atoms with Gasteiger partial charge in [0.2, 0.25) is 0 Å². The molecule has 0 aliphatic heterocycles. The predicted molar refractivity (Wildman–Crippen MR) is 78.4 cm³/mol. The van der Waals surface area contributed by atoms with Crippen LogP contribution in [-0.4, -0.2) is 4.21 Å². The molecule has 0 aliphatic rings. The molecule has 3 aromatic rings. The van der Waals surface area contributed by atoms with Gasteiger partial charge in [0.05, 0.1) is 16.6 Å². The molecule has 0 saturated carbocycles. The van der Waals surface area contributed by atoms with Crippen molar-refractivity contribution in [1.29, 1.82) is 0 Å². The summed E-state index contributed by atoms with van der Waals surface area (Å²) in [5.74, 6) is 0.591. The van der Waals surface area contributed by atoms with E-state index in [1.165, 1.54) is 15.6 Å². The fourth-order valence-electron chi connectivity index (χ4n) is 1.94. The second-order valence-electron chi connectivity index (χ2n) is 4.06. The van der Waals surface area contributed by atoms with E-state index in [0.717, 1.165) is 4.90 Å². The molecule has 3 heteroatoms. The van der Waals surface area contributed by atoms with E-state index in [4.69, 9.17) is 0 Å². The molecule has 0 fully saturated rings. The summed E-state index contributed by atoms with van der Waals surface area (Å²) < 4.78 is 13.5. The van der Waals surface area contributed by atoms with Crippen molar-refractivity contribution in [3.05, 3.63) is 65.5 Å². The number of hydrogen-bond acceptors (Lipinski definition) is 2. The van der Waals surface area contributed by atoms with Crippen molar-refractivity contribution in [3.8, 4) is 0 Å². The van der Waals surface area contributed by atoms with E-state index < -0.39 is 10.8 Å². The Kier molecular flexibility index (Phi) is 3.26. The average Bonchev–Trinajstić information content (AvgIpc) is 2.83. The Labute approximate surface area is 113 Å². The Hall–Kier alpha value is -1.45. The molecule has 0 spiro atoms. The van der Waals surface area contributed by atoms with Crippen molar-refractivity contribution in [1.82, 2.24) is 0 Å². The zero-order valence-electron chi connectivity index (χ0n) is 9.71. The molecule has 0 bridgehead atoms. The smallest absolute Gasteiger partial charge is 0.0574 e. The zero-order chi connectivity index (χ0) is 12.4. The van der Waals surface area contributed by atoms with Crippen molar-refractivity contribution in [3.63, 3.8) is 0 Å². The lowest BCUT2D eigenvalue weighted by Gasteiger charge is -2.01. The maximum Gasteiger partial charge on any atom is 0.0574 e. The molecular weight excluding hydrogens is 260 g/mol. The minimum absolute atomic E-state index is 0.591. The molecule has 3 rings (SSSR count). The fraction of sp³-hybridized carbons (Fsp3) is 0.0667. The maximum atomic E-state index is 12.3. The lowest BCUT2D eigenvalue weighted by atomic mass is 10.2. The molecule has 1 heterocycles. The molecule has 0 amide bonds. The van der Waals surface area contributed by atoms with Gasteiger partial charge < -0.3 is 0 Å². The first kappa shape index (κ1) is 11.6. The first-order chi connectivity index (χ1) is 8.84. The van der Waals surface area contributed by atoms with Gasteiger partial charge in [0.1, 0.15) is 0 Å². The van der Waals surface area contributed by atoms with Crippen molar-refractivity contribution in [2.24, 2.45) is 0 Å². The van der Waals surface area contributed by atoms with Crippen molar-refractivity contribution in [2.75, 3.05) is 0 Å². The SMILES string of the molecule is O=S(Cc1csc2ccccc12)c1ccccc1. The van der Waals surface area contributed by atoms with Crippen molar-refractivity contribution in [2.45, 2.75) is 10.6 Å². The van der Waals surface area contributed by atoms with Gasteiger partial charge in [0, 0.05) is 9.60 Å². The summed E-state index contributed by atoms with van der Waals surface area (Å²) in [6.07, 6.45) is 0. The minimum Gasteiger partial charge on any atom is -0.254 e. The Morgan fingerprint density at radius 1 is 0.944 bits per heavy atom. The third kappa shape index (κ3) is 2.24. The lowest BCUT2D eigenvalue weighted by Crippen LogP contribution is -1.95. The van der Waals surface area contributed by atoms with Crippen molar-refractivity contribution < 1.29 is 4.21 Å². The van der Waals surface area contributed by atoms with E-state index in [0.29, 0.717) is 5.75 Å². The summed E-state index contributed by atoms with van der Waals surface area (Å²) in [5, 5.41) is 3.35. The van der Waals surface area contributed by atoms with Gasteiger partial charge in [0.15, 0.2) is 0 Å². The Balaban J connectivity index is 1.91. The summed E-state index contributed by atoms with van der Waals surface area (Å²) in [4.78, 5) is 0.896. The third-order valence-electron chi connectivity index (χ3n) is 2.85. The molecule has 0 radical (unpaired) electrons. The molecule has 1 nitrogen and oxygen atoms in total. The number of rotatable bonds is 3. The largest absolute Gasteiger partial charge is 0.254 e. The average molecular weight is 272 g/mol. The van der Waals surface area contributed by atoms with E-state index in [1.54, 1.807) is 11.3 Å². The van der Waals surface area contributed by atoms with Crippen LogP contribution in [0.3, 0.4) is 0 Å². The van der Waals surface area contributed by atoms with Crippen LogP contribution >= 0.6 is 11.3 Å². The van der Waals surface area contributed by atoms with Crippen LogP contribution in [0.1, 0.15) is 5.56 Å². The summed E-state index contributed by atoms with van der Waals surface area (Å²) in [6.45, 7) is 0. The standard InChI is InChI=1S/C15H12OS2/c16-18(13-6-2-1-3-7-13)11-12-10-17-15-9-5-4-8-14(12)15/h1-10H,11H2. The maximum absolute atomic E-state index is 12.3. The molecule has 90 valence electrons.